The van der Waals surface area contributed by atoms with Crippen LogP contribution in [0.15, 0.2) is 36.4 Å². The van der Waals surface area contributed by atoms with Gasteiger partial charge in [-0.15, -0.1) is 0 Å². The Morgan fingerprint density at radius 1 is 1.00 bits per heavy atom. The van der Waals surface area contributed by atoms with E-state index < -0.39 is 46.5 Å². The Bertz CT molecular complexity index is 1220. The molecule has 198 valence electrons. The van der Waals surface area contributed by atoms with Gasteiger partial charge >= 0.3 is 11.9 Å². The first-order valence-electron chi connectivity index (χ1n) is 11.5. The zero-order valence-corrected chi connectivity index (χ0v) is 22.7. The van der Waals surface area contributed by atoms with E-state index in [4.69, 9.17) is 34.8 Å². The van der Waals surface area contributed by atoms with Crippen molar-refractivity contribution in [3.63, 3.8) is 0 Å². The number of anilines is 1. The Balaban J connectivity index is 1.68. The van der Waals surface area contributed by atoms with Gasteiger partial charge in [-0.05, 0) is 55.0 Å². The molecular weight excluding hydrogens is 543 g/mol. The van der Waals surface area contributed by atoms with Crippen LogP contribution >= 0.6 is 34.8 Å². The van der Waals surface area contributed by atoms with Crippen LogP contribution in [0.2, 0.25) is 15.1 Å². The molecule has 3 unspecified atom stereocenters. The normalized spacial score (nSPS) is 21.2. The molecule has 4 N–H and O–H groups in total. The standard InChI is InChI=1S/C26H27Cl3N2O6/c1-25(2)16(8-9-26(25,3)24(36)37)21(32)31-19(23(34)35)10-13-4-6-15(7-5-13)30-22(33)20-17(28)11-14(27)12-18(20)29/h4-7,11-12,16,19H,8-10H2,1-3H3,(H,30,33)(H,31,32)(H,34,35)(H,36,37). The van der Waals surface area contributed by atoms with Gasteiger partial charge in [0.1, 0.15) is 6.04 Å². The van der Waals surface area contributed by atoms with E-state index in [-0.39, 0.29) is 22.0 Å². The molecular formula is C26H27Cl3N2O6. The van der Waals surface area contributed by atoms with E-state index in [1.807, 2.05) is 0 Å². The molecule has 11 heteroatoms. The van der Waals surface area contributed by atoms with Crippen molar-refractivity contribution in [2.45, 2.75) is 46.1 Å². The third-order valence-electron chi connectivity index (χ3n) is 7.51. The number of carbonyl (C=O) groups is 4. The fourth-order valence-electron chi connectivity index (χ4n) is 4.73. The van der Waals surface area contributed by atoms with Crippen LogP contribution in [-0.4, -0.2) is 40.0 Å². The molecule has 0 spiro atoms. The minimum atomic E-state index is -1.22. The molecule has 37 heavy (non-hydrogen) atoms. The molecule has 2 aromatic rings. The molecule has 0 bridgehead atoms. The third kappa shape index (κ3) is 5.87. The topological polar surface area (TPSA) is 133 Å². The van der Waals surface area contributed by atoms with Gasteiger partial charge in [0.15, 0.2) is 0 Å². The van der Waals surface area contributed by atoms with Crippen molar-refractivity contribution in [2.24, 2.45) is 16.7 Å². The Hall–Kier alpha value is -2.81. The van der Waals surface area contributed by atoms with Gasteiger partial charge < -0.3 is 20.8 Å². The van der Waals surface area contributed by atoms with Gasteiger partial charge in [0.05, 0.1) is 21.0 Å². The summed E-state index contributed by atoms with van der Waals surface area (Å²) >= 11 is 18.1. The average molecular weight is 570 g/mol. The molecule has 1 aliphatic rings. The zero-order valence-electron chi connectivity index (χ0n) is 20.4. The van der Waals surface area contributed by atoms with E-state index in [1.54, 1.807) is 45.0 Å². The first kappa shape index (κ1) is 28.8. The predicted octanol–water partition coefficient (Wildman–Crippen LogP) is 5.54. The summed E-state index contributed by atoms with van der Waals surface area (Å²) in [5, 5.41) is 25.1. The number of carboxylic acids is 2. The lowest BCUT2D eigenvalue weighted by atomic mass is 9.65. The zero-order chi connectivity index (χ0) is 27.7. The lowest BCUT2D eigenvalue weighted by Gasteiger charge is -2.38. The highest BCUT2D eigenvalue weighted by Crippen LogP contribution is 2.56. The molecule has 0 radical (unpaired) electrons. The van der Waals surface area contributed by atoms with Crippen LogP contribution < -0.4 is 10.6 Å². The van der Waals surface area contributed by atoms with E-state index in [1.165, 1.54) is 12.1 Å². The van der Waals surface area contributed by atoms with Gasteiger partial charge in [0.25, 0.3) is 5.91 Å². The number of nitrogens with one attached hydrogen (secondary N) is 2. The lowest BCUT2D eigenvalue weighted by molar-refractivity contribution is -0.155. The fourth-order valence-corrected chi connectivity index (χ4v) is 5.72. The number of carboxylic acid groups (broad SMARTS) is 2. The highest BCUT2D eigenvalue weighted by atomic mass is 35.5. The second-order valence-corrected chi connectivity index (χ2v) is 11.2. The minimum absolute atomic E-state index is 0.00646. The van der Waals surface area contributed by atoms with Gasteiger partial charge in [-0.1, -0.05) is 60.8 Å². The molecule has 0 saturated heterocycles. The van der Waals surface area contributed by atoms with Crippen LogP contribution in [0.3, 0.4) is 0 Å². The molecule has 0 aromatic heterocycles. The van der Waals surface area contributed by atoms with Crippen LogP contribution in [0.5, 0.6) is 0 Å². The van der Waals surface area contributed by atoms with Crippen molar-refractivity contribution in [2.75, 3.05) is 5.32 Å². The number of halogens is 3. The second kappa shape index (κ2) is 10.9. The summed E-state index contributed by atoms with van der Waals surface area (Å²) in [4.78, 5) is 49.4. The highest BCUT2D eigenvalue weighted by molar-refractivity contribution is 6.42. The molecule has 0 aliphatic heterocycles. The van der Waals surface area contributed by atoms with E-state index in [0.29, 0.717) is 29.1 Å². The summed E-state index contributed by atoms with van der Waals surface area (Å²) in [6.07, 6.45) is 0.669. The van der Waals surface area contributed by atoms with E-state index in [9.17, 15) is 29.4 Å². The smallest absolute Gasteiger partial charge is 0.326 e. The third-order valence-corrected chi connectivity index (χ3v) is 8.33. The number of benzene rings is 2. The van der Waals surface area contributed by atoms with Crippen molar-refractivity contribution < 1.29 is 29.4 Å². The fraction of sp³-hybridized carbons (Fsp3) is 0.385. The lowest BCUT2D eigenvalue weighted by Crippen LogP contribution is -2.49. The Labute approximate surface area is 229 Å². The number of hydrogen-bond acceptors (Lipinski definition) is 4. The molecule has 0 heterocycles. The number of hydrogen-bond donors (Lipinski definition) is 4. The monoisotopic (exact) mass is 568 g/mol. The number of rotatable bonds is 8. The molecule has 2 amide bonds. The van der Waals surface area contributed by atoms with Crippen molar-refractivity contribution in [3.8, 4) is 0 Å². The first-order chi connectivity index (χ1) is 17.2. The van der Waals surface area contributed by atoms with Crippen molar-refractivity contribution >= 4 is 64.2 Å². The molecule has 2 aromatic carbocycles. The molecule has 1 fully saturated rings. The number of carbonyl (C=O) groups excluding carboxylic acids is 2. The van der Waals surface area contributed by atoms with E-state index >= 15 is 0 Å². The van der Waals surface area contributed by atoms with E-state index in [2.05, 4.69) is 10.6 Å². The maximum absolute atomic E-state index is 13.0. The summed E-state index contributed by atoms with van der Waals surface area (Å²) in [6, 6.07) is 8.03. The summed E-state index contributed by atoms with van der Waals surface area (Å²) in [6.45, 7) is 5.07. The molecule has 1 aliphatic carbocycles. The maximum atomic E-state index is 13.0. The molecule has 1 saturated carbocycles. The van der Waals surface area contributed by atoms with Gasteiger partial charge in [-0.25, -0.2) is 4.79 Å². The maximum Gasteiger partial charge on any atom is 0.326 e. The van der Waals surface area contributed by atoms with Crippen LogP contribution in [-0.2, 0) is 20.8 Å². The molecule has 8 nitrogen and oxygen atoms in total. The number of amides is 2. The second-order valence-electron chi connectivity index (χ2n) is 9.95. The van der Waals surface area contributed by atoms with E-state index in [0.717, 1.165) is 0 Å². The quantitative estimate of drug-likeness (QED) is 0.330. The van der Waals surface area contributed by atoms with Crippen molar-refractivity contribution in [1.82, 2.24) is 5.32 Å². The Morgan fingerprint density at radius 3 is 2.05 bits per heavy atom. The SMILES string of the molecule is CC1(C(=O)O)CCC(C(=O)NC(Cc2ccc(NC(=O)c3c(Cl)cc(Cl)cc3Cl)cc2)C(=O)O)C1(C)C. The Kier molecular flexibility index (Phi) is 8.47. The van der Waals surface area contributed by atoms with Gasteiger partial charge in [-0.2, -0.15) is 0 Å². The Morgan fingerprint density at radius 2 is 1.57 bits per heavy atom. The van der Waals surface area contributed by atoms with Crippen LogP contribution in [0.1, 0.15) is 49.5 Å². The number of aliphatic carboxylic acids is 2. The summed E-state index contributed by atoms with van der Waals surface area (Å²) < 4.78 is 0. The highest BCUT2D eigenvalue weighted by Gasteiger charge is 2.58. The molecule has 3 atom stereocenters. The first-order valence-corrected chi connectivity index (χ1v) is 12.6. The van der Waals surface area contributed by atoms with Crippen LogP contribution in [0.4, 0.5) is 5.69 Å². The van der Waals surface area contributed by atoms with Crippen LogP contribution in [0.25, 0.3) is 0 Å². The molecule has 3 rings (SSSR count). The summed E-state index contributed by atoms with van der Waals surface area (Å²) in [5.74, 6) is -3.85. The van der Waals surface area contributed by atoms with Crippen molar-refractivity contribution in [3.05, 3.63) is 62.6 Å². The van der Waals surface area contributed by atoms with Gasteiger partial charge in [0, 0.05) is 23.0 Å². The van der Waals surface area contributed by atoms with Crippen molar-refractivity contribution in [1.29, 1.82) is 0 Å². The largest absolute Gasteiger partial charge is 0.481 e. The average Bonchev–Trinajstić information content (AvgIpc) is 3.03. The summed E-state index contributed by atoms with van der Waals surface area (Å²) in [7, 11) is 0. The van der Waals surface area contributed by atoms with Gasteiger partial charge in [0.2, 0.25) is 5.91 Å². The summed E-state index contributed by atoms with van der Waals surface area (Å²) in [5.41, 5.74) is -0.850. The predicted molar refractivity (Wildman–Crippen MR) is 141 cm³/mol. The minimum Gasteiger partial charge on any atom is -0.481 e. The van der Waals surface area contributed by atoms with Gasteiger partial charge in [-0.3, -0.25) is 14.4 Å². The van der Waals surface area contributed by atoms with Crippen LogP contribution in [0, 0.1) is 16.7 Å².